The van der Waals surface area contributed by atoms with Crippen LogP contribution in [0.3, 0.4) is 0 Å². The zero-order valence-corrected chi connectivity index (χ0v) is 20.4. The molecule has 1 atom stereocenters. The minimum atomic E-state index is -1.06. The molecule has 0 bridgehead atoms. The first-order valence-electron chi connectivity index (χ1n) is 10.8. The lowest BCUT2D eigenvalue weighted by atomic mass is 9.95. The van der Waals surface area contributed by atoms with Gasteiger partial charge in [-0.3, -0.25) is 19.3 Å². The van der Waals surface area contributed by atoms with E-state index in [2.05, 4.69) is 0 Å². The van der Waals surface area contributed by atoms with Crippen LogP contribution < -0.4 is 19.1 Å². The van der Waals surface area contributed by atoms with Crippen molar-refractivity contribution in [3.05, 3.63) is 88.5 Å². The molecule has 1 fully saturated rings. The number of rotatable bonds is 6. The van der Waals surface area contributed by atoms with Crippen LogP contribution in [0.25, 0.3) is 5.76 Å². The predicted molar refractivity (Wildman–Crippen MR) is 134 cm³/mol. The largest absolute Gasteiger partial charge is 0.507 e. The molecule has 0 radical (unpaired) electrons. The number of benzene rings is 3. The standard InChI is InChI=1S/C27H22ClNO7/c1-15(30)36-20-9-4-6-16(12-20)24-23(25(31)21-14-19(35-3)10-11-22(21)28)26(32)27(33)29(24)17-7-5-8-18(13-17)34-2/h4-14,24,31H,1-3H3/b25-23+. The number of methoxy groups -OCH3 is 2. The summed E-state index contributed by atoms with van der Waals surface area (Å²) < 4.78 is 15.7. The van der Waals surface area contributed by atoms with Crippen molar-refractivity contribution in [2.45, 2.75) is 13.0 Å². The molecule has 184 valence electrons. The molecule has 1 N–H and O–H groups in total. The van der Waals surface area contributed by atoms with E-state index in [0.29, 0.717) is 22.7 Å². The lowest BCUT2D eigenvalue weighted by Gasteiger charge is -2.26. The quantitative estimate of drug-likeness (QED) is 0.166. The van der Waals surface area contributed by atoms with Crippen LogP contribution >= 0.6 is 11.6 Å². The van der Waals surface area contributed by atoms with Crippen LogP contribution in [0.4, 0.5) is 5.69 Å². The average molecular weight is 508 g/mol. The smallest absolute Gasteiger partial charge is 0.308 e. The molecular weight excluding hydrogens is 486 g/mol. The van der Waals surface area contributed by atoms with Crippen molar-refractivity contribution in [1.82, 2.24) is 0 Å². The van der Waals surface area contributed by atoms with Gasteiger partial charge in [0, 0.05) is 24.2 Å². The van der Waals surface area contributed by atoms with Crippen molar-refractivity contribution in [1.29, 1.82) is 0 Å². The number of nitrogens with zero attached hydrogens (tertiary/aromatic N) is 1. The summed E-state index contributed by atoms with van der Waals surface area (Å²) >= 11 is 6.35. The summed E-state index contributed by atoms with van der Waals surface area (Å²) in [6.07, 6.45) is 0. The minimum Gasteiger partial charge on any atom is -0.507 e. The number of carbonyl (C=O) groups excluding carboxylic acids is 3. The van der Waals surface area contributed by atoms with E-state index >= 15 is 0 Å². The first-order chi connectivity index (χ1) is 17.2. The zero-order valence-electron chi connectivity index (χ0n) is 19.7. The van der Waals surface area contributed by atoms with Crippen LogP contribution in [0.5, 0.6) is 17.2 Å². The van der Waals surface area contributed by atoms with Gasteiger partial charge < -0.3 is 19.3 Å². The Balaban J connectivity index is 1.98. The third-order valence-electron chi connectivity index (χ3n) is 5.64. The molecule has 1 amide bonds. The highest BCUT2D eigenvalue weighted by atomic mass is 35.5. The first-order valence-corrected chi connectivity index (χ1v) is 11.2. The fraction of sp³-hybridized carbons (Fsp3) is 0.148. The molecule has 9 heteroatoms. The first kappa shape index (κ1) is 24.8. The van der Waals surface area contributed by atoms with Gasteiger partial charge in [0.1, 0.15) is 23.0 Å². The molecule has 0 saturated carbocycles. The topological polar surface area (TPSA) is 102 Å². The van der Waals surface area contributed by atoms with Crippen molar-refractivity contribution in [2.24, 2.45) is 0 Å². The number of carbonyl (C=O) groups is 3. The highest BCUT2D eigenvalue weighted by molar-refractivity contribution is 6.52. The van der Waals surface area contributed by atoms with E-state index in [9.17, 15) is 19.5 Å². The van der Waals surface area contributed by atoms with Crippen LogP contribution in [0.1, 0.15) is 24.1 Å². The van der Waals surface area contributed by atoms with Crippen molar-refractivity contribution in [3.8, 4) is 17.2 Å². The third-order valence-corrected chi connectivity index (χ3v) is 5.97. The van der Waals surface area contributed by atoms with Crippen molar-refractivity contribution >= 4 is 40.7 Å². The minimum absolute atomic E-state index is 0.126. The molecule has 3 aromatic carbocycles. The number of amides is 1. The van der Waals surface area contributed by atoms with Gasteiger partial charge in [-0.1, -0.05) is 29.8 Å². The monoisotopic (exact) mass is 507 g/mol. The molecule has 4 rings (SSSR count). The molecule has 8 nitrogen and oxygen atoms in total. The van der Waals surface area contributed by atoms with E-state index in [0.717, 1.165) is 0 Å². The Morgan fingerprint density at radius 3 is 2.28 bits per heavy atom. The molecular formula is C27H22ClNO7. The van der Waals surface area contributed by atoms with E-state index in [-0.39, 0.29) is 21.9 Å². The number of esters is 1. The molecule has 0 aliphatic carbocycles. The van der Waals surface area contributed by atoms with Crippen LogP contribution in [-0.4, -0.2) is 37.0 Å². The zero-order chi connectivity index (χ0) is 26.0. The van der Waals surface area contributed by atoms with Crippen molar-refractivity contribution in [3.63, 3.8) is 0 Å². The summed E-state index contributed by atoms with van der Waals surface area (Å²) in [6.45, 7) is 1.26. The van der Waals surface area contributed by atoms with Gasteiger partial charge in [0.05, 0.1) is 30.9 Å². The van der Waals surface area contributed by atoms with Gasteiger partial charge in [-0.25, -0.2) is 0 Å². The summed E-state index contributed by atoms with van der Waals surface area (Å²) in [5, 5.41) is 11.5. The van der Waals surface area contributed by atoms with Gasteiger partial charge in [0.15, 0.2) is 0 Å². The Labute approximate surface area is 212 Å². The second-order valence-electron chi connectivity index (χ2n) is 7.88. The number of ether oxygens (including phenoxy) is 3. The lowest BCUT2D eigenvalue weighted by molar-refractivity contribution is -0.132. The van der Waals surface area contributed by atoms with Crippen molar-refractivity contribution in [2.75, 3.05) is 19.1 Å². The average Bonchev–Trinajstić information content (AvgIpc) is 3.14. The van der Waals surface area contributed by atoms with Crippen LogP contribution in [0.15, 0.2) is 72.3 Å². The molecule has 1 saturated heterocycles. The molecule has 3 aromatic rings. The number of hydrogen-bond acceptors (Lipinski definition) is 7. The molecule has 1 unspecified atom stereocenters. The maximum Gasteiger partial charge on any atom is 0.308 e. The predicted octanol–water partition coefficient (Wildman–Crippen LogP) is 4.91. The SMILES string of the molecule is COc1cccc(N2C(=O)C(=O)/C(=C(/O)c3cc(OC)ccc3Cl)C2c2cccc(OC(C)=O)c2)c1. The number of aliphatic hydroxyl groups is 1. The Morgan fingerprint density at radius 2 is 1.58 bits per heavy atom. The van der Waals surface area contributed by atoms with E-state index < -0.39 is 29.5 Å². The number of Topliss-reactive ketones (excluding diaryl/α,β-unsaturated/α-hetero) is 1. The van der Waals surface area contributed by atoms with Gasteiger partial charge in [-0.2, -0.15) is 0 Å². The molecule has 0 spiro atoms. The highest BCUT2D eigenvalue weighted by Gasteiger charge is 2.47. The third kappa shape index (κ3) is 4.63. The normalized spacial score (nSPS) is 16.7. The van der Waals surface area contributed by atoms with Gasteiger partial charge >= 0.3 is 5.97 Å². The molecule has 1 aliphatic heterocycles. The molecule has 0 aromatic heterocycles. The fourth-order valence-corrected chi connectivity index (χ4v) is 4.25. The van der Waals surface area contributed by atoms with E-state index in [1.165, 1.54) is 44.2 Å². The molecule has 1 heterocycles. The van der Waals surface area contributed by atoms with Crippen LogP contribution in [0.2, 0.25) is 5.02 Å². The van der Waals surface area contributed by atoms with E-state index in [1.54, 1.807) is 48.5 Å². The Morgan fingerprint density at radius 1 is 0.917 bits per heavy atom. The van der Waals surface area contributed by atoms with Gasteiger partial charge in [-0.05, 0) is 48.0 Å². The Bertz CT molecular complexity index is 1400. The van der Waals surface area contributed by atoms with Crippen LogP contribution in [-0.2, 0) is 14.4 Å². The van der Waals surface area contributed by atoms with Crippen LogP contribution in [0, 0.1) is 0 Å². The summed E-state index contributed by atoms with van der Waals surface area (Å²) in [7, 11) is 2.94. The second kappa shape index (κ2) is 10.1. The van der Waals surface area contributed by atoms with Gasteiger partial charge in [0.2, 0.25) is 0 Å². The number of hydrogen-bond donors (Lipinski definition) is 1. The molecule has 36 heavy (non-hydrogen) atoms. The summed E-state index contributed by atoms with van der Waals surface area (Å²) in [5.74, 6) is -1.67. The maximum atomic E-state index is 13.4. The number of anilines is 1. The lowest BCUT2D eigenvalue weighted by Crippen LogP contribution is -2.29. The van der Waals surface area contributed by atoms with Crippen molar-refractivity contribution < 1.29 is 33.7 Å². The Kier molecular flexibility index (Phi) is 6.98. The summed E-state index contributed by atoms with van der Waals surface area (Å²) in [5.41, 5.74) is 0.741. The Hall–Kier alpha value is -4.30. The number of aliphatic hydroxyl groups excluding tert-OH is 1. The van der Waals surface area contributed by atoms with Gasteiger partial charge in [0.25, 0.3) is 11.7 Å². The number of ketones is 1. The van der Waals surface area contributed by atoms with Gasteiger partial charge in [-0.15, -0.1) is 0 Å². The summed E-state index contributed by atoms with van der Waals surface area (Å²) in [6, 6.07) is 16.6. The summed E-state index contributed by atoms with van der Waals surface area (Å²) in [4.78, 5) is 39.5. The van der Waals surface area contributed by atoms with E-state index in [4.69, 9.17) is 25.8 Å². The maximum absolute atomic E-state index is 13.4. The molecule has 1 aliphatic rings. The van der Waals surface area contributed by atoms with E-state index in [1.807, 2.05) is 0 Å². The number of halogens is 1. The highest BCUT2D eigenvalue weighted by Crippen LogP contribution is 2.44. The fourth-order valence-electron chi connectivity index (χ4n) is 4.05. The second-order valence-corrected chi connectivity index (χ2v) is 8.29.